The number of halogens is 3. The fourth-order valence-electron chi connectivity index (χ4n) is 12.0. The molecule has 37 heteroatoms. The first-order chi connectivity index (χ1) is 53.9. The molecule has 0 aliphatic carbocycles. The van der Waals surface area contributed by atoms with Gasteiger partial charge in [-0.15, -0.1) is 11.8 Å². The average Bonchev–Trinajstić information content (AvgIpc) is 1.60. The van der Waals surface area contributed by atoms with Crippen molar-refractivity contribution in [1.82, 2.24) is 62.8 Å². The lowest BCUT2D eigenvalue weighted by atomic mass is 9.90. The molecule has 7 fully saturated rings. The van der Waals surface area contributed by atoms with Crippen LogP contribution in [0.25, 0.3) is 0 Å². The number of Topliss-reactive ketones (excluding diaryl/α,β-unsaturated/α-hetero) is 1. The maximum Gasteiger partial charge on any atom is 0.322 e. The zero-order valence-electron chi connectivity index (χ0n) is 64.3. The van der Waals surface area contributed by atoms with E-state index in [1.165, 1.54) is 70.9 Å². The van der Waals surface area contributed by atoms with Gasteiger partial charge in [0.2, 0.25) is 19.1 Å². The van der Waals surface area contributed by atoms with Gasteiger partial charge in [0.1, 0.15) is 45.1 Å². The lowest BCUT2D eigenvalue weighted by Gasteiger charge is -2.33. The number of amides is 15. The van der Waals surface area contributed by atoms with Crippen LogP contribution in [0.2, 0.25) is 0 Å². The first kappa shape index (κ1) is 103. The lowest BCUT2D eigenvalue weighted by Crippen LogP contribution is -2.53. The molecule has 7 heterocycles. The number of hydrogen-bond donors (Lipinski definition) is 11. The van der Waals surface area contributed by atoms with Crippen molar-refractivity contribution in [2.24, 2.45) is 0 Å². The van der Waals surface area contributed by atoms with Crippen molar-refractivity contribution in [2.75, 3.05) is 60.7 Å². The number of hydrogen-bond acceptors (Lipinski definition) is 20. The normalized spacial score (nSPS) is 21.7. The number of nitrogens with zero attached hydrogens (tertiary/aromatic N) is 1. The third-order valence-electron chi connectivity index (χ3n) is 18.3. The second kappa shape index (κ2) is 48.4. The molecular weight excluding hydrogens is 1660 g/mol. The Morgan fingerprint density at radius 2 is 0.669 bits per heavy atom. The van der Waals surface area contributed by atoms with Crippen LogP contribution < -0.4 is 58.5 Å². The Kier molecular flexibility index (Phi) is 42.4. The van der Waals surface area contributed by atoms with Gasteiger partial charge in [0.05, 0.1) is 17.3 Å². The van der Waals surface area contributed by atoms with Crippen molar-refractivity contribution < 1.29 is 78.4 Å². The van der Waals surface area contributed by atoms with Crippen molar-refractivity contribution in [1.29, 1.82) is 0 Å². The minimum Gasteiger partial charge on any atom is -0.323 e. The maximum atomic E-state index is 13.0. The Bertz CT molecular complexity index is 4370. The van der Waals surface area contributed by atoms with Crippen molar-refractivity contribution in [3.05, 3.63) is 215 Å². The molecule has 7 aliphatic rings. The van der Waals surface area contributed by atoms with Gasteiger partial charge in [0.15, 0.2) is 0 Å². The fourth-order valence-corrected chi connectivity index (χ4v) is 19.7. The molecular formula is C81H107BClF2N12O15S6. The number of nitrogens with one attached hydrogen (secondary N) is 11. The molecule has 0 spiro atoms. The third-order valence-corrected chi connectivity index (χ3v) is 26.8. The predicted molar refractivity (Wildman–Crippen MR) is 467 cm³/mol. The summed E-state index contributed by atoms with van der Waals surface area (Å²) in [5, 5.41) is 26.5. The van der Waals surface area contributed by atoms with Crippen LogP contribution >= 0.6 is 57.7 Å². The molecule has 118 heavy (non-hydrogen) atoms. The minimum atomic E-state index is -3.83. The Morgan fingerprint density at radius 3 is 0.932 bits per heavy atom. The fraction of sp³-hybridized carbons (Fsp3) is 0.420. The molecule has 7 aliphatic heterocycles. The number of thioether (sulfide) groups is 4. The summed E-state index contributed by atoms with van der Waals surface area (Å²) in [4.78, 5) is 123. The van der Waals surface area contributed by atoms with Crippen LogP contribution in [-0.4, -0.2) is 183 Å². The first-order valence-electron chi connectivity index (χ1n) is 36.1. The second-order valence-corrected chi connectivity index (χ2v) is 37.2. The molecule has 0 saturated carbocycles. The lowest BCUT2D eigenvalue weighted by molar-refractivity contribution is -0.123. The number of imide groups is 5. The molecule has 15 amide bonds. The van der Waals surface area contributed by atoms with E-state index < -0.39 is 100 Å². The summed E-state index contributed by atoms with van der Waals surface area (Å²) in [6.45, 7) is 12.4. The topological polar surface area (TPSA) is 392 Å². The molecule has 5 atom stereocenters. The number of carbonyl (C=O) groups excluding carboxylic acids is 11. The monoisotopic (exact) mass is 1760 g/mol. The van der Waals surface area contributed by atoms with Crippen molar-refractivity contribution in [2.45, 2.75) is 152 Å². The van der Waals surface area contributed by atoms with Crippen LogP contribution in [0.3, 0.4) is 0 Å². The molecule has 0 aromatic heterocycles. The Balaban J connectivity index is 0.000000359. The summed E-state index contributed by atoms with van der Waals surface area (Å²) in [5.41, 5.74) is 1.94. The summed E-state index contributed by atoms with van der Waals surface area (Å²) in [6, 6.07) is 50.9. The molecule has 27 nitrogen and oxygen atoms in total. The van der Waals surface area contributed by atoms with Crippen LogP contribution in [0.5, 0.6) is 0 Å². The molecule has 0 bridgehead atoms. The number of benzene rings is 6. The second-order valence-electron chi connectivity index (χ2n) is 28.6. The van der Waals surface area contributed by atoms with Crippen molar-refractivity contribution in [3.8, 4) is 0 Å². The van der Waals surface area contributed by atoms with E-state index in [0.717, 1.165) is 41.7 Å². The number of carbonyl (C=O) groups is 11. The van der Waals surface area contributed by atoms with Gasteiger partial charge < -0.3 is 31.9 Å². The number of sulfonamides is 1. The van der Waals surface area contributed by atoms with Crippen LogP contribution in [-0.2, 0) is 70.9 Å². The standard InChI is InChI=1S/C16H20FN3O4S.3C12H14N2O2S.C11H14FN.C10H12OS.C5H7ClN2O4S.3CH4.B/c1-16(14(21)18-15(22)19-16)10-25(23,24)20-8-6-12(7-9-20)11-2-4-13(17)5-3-11;3*1-12(10(15)13-11(16)14-12)8-17-7-9-5-3-2-4-6-9;12-11-3-1-9(2-4-11)10-5-7-13-8-6-10;1-9(11)7-12-8-10-5-3-2-4-6-10;1-5(2-13(6,11)12)3(9)7-4(10)8-5;;;;/h2-5,12H,6-10H2,1H3,(H2,18,19,21,22);3*2-6H,7-8H2,1H3,(H2,13,14,15,16);1-4,10,13H,5-8H2;2-6H,7-8H2,1H3;2H2,1H3,(H2,7,8,9,10);3*1H4;/t16-;2*12-;;;;5-;;;;/m110...1..../s1. The van der Waals surface area contributed by atoms with E-state index >= 15 is 0 Å². The highest BCUT2D eigenvalue weighted by atomic mass is 35.7. The Hall–Kier alpha value is -8.88. The predicted octanol–water partition coefficient (Wildman–Crippen LogP) is 11.0. The van der Waals surface area contributed by atoms with Gasteiger partial charge in [-0.2, -0.15) is 35.3 Å². The van der Waals surface area contributed by atoms with E-state index in [2.05, 4.69) is 65.3 Å². The largest absolute Gasteiger partial charge is 0.323 e. The van der Waals surface area contributed by atoms with E-state index in [1.54, 1.807) is 99.0 Å². The van der Waals surface area contributed by atoms with Crippen molar-refractivity contribution in [3.63, 3.8) is 0 Å². The maximum absolute atomic E-state index is 13.0. The van der Waals surface area contributed by atoms with Gasteiger partial charge >= 0.3 is 30.2 Å². The molecule has 1 unspecified atom stereocenters. The van der Waals surface area contributed by atoms with Gasteiger partial charge in [0, 0.05) is 72.5 Å². The molecule has 641 valence electrons. The molecule has 7 saturated heterocycles. The number of piperidine rings is 2. The average molecular weight is 1770 g/mol. The Labute approximate surface area is 714 Å². The number of ketones is 1. The van der Waals surface area contributed by atoms with Crippen LogP contribution in [0.15, 0.2) is 170 Å². The number of rotatable bonds is 23. The molecule has 6 aromatic carbocycles. The zero-order valence-corrected chi connectivity index (χ0v) is 69.9. The highest BCUT2D eigenvalue weighted by molar-refractivity contribution is 8.13. The van der Waals surface area contributed by atoms with E-state index in [1.807, 2.05) is 127 Å². The summed E-state index contributed by atoms with van der Waals surface area (Å²) < 4.78 is 73.6. The summed E-state index contributed by atoms with van der Waals surface area (Å²) in [7, 11) is -2.56. The number of urea groups is 5. The van der Waals surface area contributed by atoms with Crippen molar-refractivity contribution >= 4 is 151 Å². The van der Waals surface area contributed by atoms with E-state index in [0.29, 0.717) is 54.9 Å². The Morgan fingerprint density at radius 1 is 0.407 bits per heavy atom. The quantitative estimate of drug-likeness (QED) is 0.0161. The SMILES string of the molecule is C.C.C.CC(=O)CSCc1ccccc1.CC1(CSCc2ccccc2)NC(=O)NC1=O.C[C@@]1(CSCc2ccccc2)NC(=O)NC1=O.C[C@]1(CS(=O)(=O)Cl)NC(=O)NC1=O.C[C@]1(CS(=O)(=O)N2CCC(c3ccc(F)cc3)CC2)NC(=O)NC1=O.C[C@]1(CSCc2ccccc2)NC(=O)NC1=O.Fc1ccc(C2CCNCC2)cc1.[B]. The van der Waals surface area contributed by atoms with Crippen LogP contribution in [0.1, 0.15) is 135 Å². The van der Waals surface area contributed by atoms with Gasteiger partial charge in [0.25, 0.3) is 29.5 Å². The smallest absolute Gasteiger partial charge is 0.322 e. The molecule has 13 rings (SSSR count). The van der Waals surface area contributed by atoms with Gasteiger partial charge in [-0.3, -0.25) is 55.4 Å². The van der Waals surface area contributed by atoms with E-state index in [-0.39, 0.29) is 71.8 Å². The molecule has 3 radical (unpaired) electrons. The molecule has 11 N–H and O–H groups in total. The van der Waals surface area contributed by atoms with Gasteiger partial charge in [-0.1, -0.05) is 168 Å². The highest BCUT2D eigenvalue weighted by Gasteiger charge is 2.48. The summed E-state index contributed by atoms with van der Waals surface area (Å²) in [6.07, 6.45) is 3.59. The minimum absolute atomic E-state index is 0. The van der Waals surface area contributed by atoms with E-state index in [4.69, 9.17) is 10.7 Å². The summed E-state index contributed by atoms with van der Waals surface area (Å²) in [5.74, 6) is 3.20. The van der Waals surface area contributed by atoms with E-state index in [9.17, 15) is 78.4 Å². The summed E-state index contributed by atoms with van der Waals surface area (Å²) >= 11 is 6.56. The third kappa shape index (κ3) is 33.7. The van der Waals surface area contributed by atoms with Gasteiger partial charge in [-0.05, 0) is 150 Å². The van der Waals surface area contributed by atoms with Crippen LogP contribution in [0, 0.1) is 11.6 Å². The first-order valence-corrected chi connectivity index (χ1v) is 44.8. The highest BCUT2D eigenvalue weighted by Crippen LogP contribution is 2.32. The van der Waals surface area contributed by atoms with Crippen LogP contribution in [0.4, 0.5) is 32.8 Å². The zero-order chi connectivity index (χ0) is 83.3. The van der Waals surface area contributed by atoms with Gasteiger partial charge in [-0.25, -0.2) is 53.9 Å². The molecule has 6 aromatic rings.